The number of likely N-dealkylation sites (tertiary alicyclic amines) is 1. The van der Waals surface area contributed by atoms with E-state index in [0.717, 1.165) is 30.7 Å². The molecule has 8 heteroatoms. The van der Waals surface area contributed by atoms with E-state index in [1.807, 2.05) is 29.2 Å². The first-order valence-electron chi connectivity index (χ1n) is 8.94. The molecule has 0 unspecified atom stereocenters. The second-order valence-electron chi connectivity index (χ2n) is 6.52. The van der Waals surface area contributed by atoms with Crippen LogP contribution in [0.1, 0.15) is 19.3 Å². The number of hydrogen-bond donors (Lipinski definition) is 0. The third-order valence-electron chi connectivity index (χ3n) is 4.81. The molecule has 1 aliphatic rings. The van der Waals surface area contributed by atoms with Gasteiger partial charge in [0.05, 0.1) is 13.4 Å². The molecule has 0 atom stereocenters. The molecule has 3 heterocycles. The summed E-state index contributed by atoms with van der Waals surface area (Å²) in [4.78, 5) is 30.8. The fourth-order valence-electron chi connectivity index (χ4n) is 3.33. The van der Waals surface area contributed by atoms with Gasteiger partial charge in [0.15, 0.2) is 0 Å². The summed E-state index contributed by atoms with van der Waals surface area (Å²) < 4.78 is 11.8. The van der Waals surface area contributed by atoms with Gasteiger partial charge in [-0.3, -0.25) is 14.2 Å². The van der Waals surface area contributed by atoms with Crippen LogP contribution in [0.2, 0.25) is 0 Å². The summed E-state index contributed by atoms with van der Waals surface area (Å²) >= 11 is 1.18. The van der Waals surface area contributed by atoms with Crippen molar-refractivity contribution >= 4 is 27.7 Å². The number of rotatable bonds is 6. The van der Waals surface area contributed by atoms with Crippen molar-refractivity contribution in [1.29, 1.82) is 0 Å². The average molecular weight is 384 g/mol. The number of aryl methyl sites for hydroxylation is 1. The van der Waals surface area contributed by atoms with Crippen molar-refractivity contribution in [3.05, 3.63) is 40.9 Å². The second kappa shape index (κ2) is 7.48. The van der Waals surface area contributed by atoms with Crippen LogP contribution in [-0.2, 0) is 11.3 Å². The van der Waals surface area contributed by atoms with Gasteiger partial charge in [-0.15, -0.1) is 0 Å². The van der Waals surface area contributed by atoms with Crippen molar-refractivity contribution in [2.24, 2.45) is 0 Å². The summed E-state index contributed by atoms with van der Waals surface area (Å²) in [5.41, 5.74) is 2.16. The van der Waals surface area contributed by atoms with Gasteiger partial charge in [-0.05, 0) is 48.6 Å². The van der Waals surface area contributed by atoms with Crippen molar-refractivity contribution in [2.45, 2.75) is 25.8 Å². The molecule has 1 fully saturated rings. The average Bonchev–Trinajstić information content (AvgIpc) is 3.30. The zero-order valence-corrected chi connectivity index (χ0v) is 15.9. The predicted molar refractivity (Wildman–Crippen MR) is 104 cm³/mol. The summed E-state index contributed by atoms with van der Waals surface area (Å²) in [7, 11) is 1.62. The molecule has 0 aliphatic carbocycles. The number of methoxy groups -OCH3 is 1. The summed E-state index contributed by atoms with van der Waals surface area (Å²) in [6.45, 7) is 2.05. The van der Waals surface area contributed by atoms with E-state index in [0.29, 0.717) is 35.4 Å². The number of carbonyl (C=O) groups excluding carboxylic acids is 1. The molecule has 1 aromatic carbocycles. The van der Waals surface area contributed by atoms with Gasteiger partial charge in [0, 0.05) is 31.6 Å². The molecule has 2 aromatic heterocycles. The number of amides is 1. The van der Waals surface area contributed by atoms with Gasteiger partial charge < -0.3 is 9.64 Å². The van der Waals surface area contributed by atoms with Crippen LogP contribution in [0.3, 0.4) is 0 Å². The summed E-state index contributed by atoms with van der Waals surface area (Å²) in [5, 5.41) is 0. The Balaban J connectivity index is 1.54. The van der Waals surface area contributed by atoms with Crippen molar-refractivity contribution in [3.8, 4) is 17.0 Å². The molecule has 0 radical (unpaired) electrons. The van der Waals surface area contributed by atoms with Gasteiger partial charge in [0.1, 0.15) is 21.7 Å². The molecular weight excluding hydrogens is 364 g/mol. The van der Waals surface area contributed by atoms with Gasteiger partial charge in [-0.2, -0.15) is 4.37 Å². The highest BCUT2D eigenvalue weighted by molar-refractivity contribution is 7.13. The lowest BCUT2D eigenvalue weighted by Gasteiger charge is -2.15. The van der Waals surface area contributed by atoms with Crippen LogP contribution in [-0.4, -0.2) is 44.9 Å². The largest absolute Gasteiger partial charge is 0.497 e. The predicted octanol–water partition coefficient (Wildman–Crippen LogP) is 2.54. The number of carbonyl (C=O) groups is 1. The van der Waals surface area contributed by atoms with E-state index in [2.05, 4.69) is 9.36 Å². The van der Waals surface area contributed by atoms with E-state index < -0.39 is 0 Å². The Labute approximate surface area is 160 Å². The van der Waals surface area contributed by atoms with Crippen LogP contribution >= 0.6 is 11.5 Å². The first kappa shape index (κ1) is 17.7. The van der Waals surface area contributed by atoms with Crippen LogP contribution < -0.4 is 10.3 Å². The maximum Gasteiger partial charge on any atom is 0.272 e. The molecule has 3 aromatic rings. The Morgan fingerprint density at radius 3 is 2.70 bits per heavy atom. The monoisotopic (exact) mass is 384 g/mol. The van der Waals surface area contributed by atoms with Gasteiger partial charge in [0.2, 0.25) is 5.91 Å². The van der Waals surface area contributed by atoms with E-state index in [4.69, 9.17) is 4.74 Å². The molecule has 0 N–H and O–H groups in total. The Hall–Kier alpha value is -2.74. The van der Waals surface area contributed by atoms with E-state index in [9.17, 15) is 9.59 Å². The standard InChI is InChI=1S/C19H20N4O3S/c1-26-14-7-5-13(6-8-14)16-17-18(27-21-16)19(25)23(12-20-17)11-3-10-22-9-2-4-15(22)24/h5-8,12H,2-4,9-11H2,1H3. The van der Waals surface area contributed by atoms with Crippen LogP contribution in [0.4, 0.5) is 0 Å². The Morgan fingerprint density at radius 1 is 1.19 bits per heavy atom. The van der Waals surface area contributed by atoms with Gasteiger partial charge in [0.25, 0.3) is 5.56 Å². The topological polar surface area (TPSA) is 77.3 Å². The third kappa shape index (κ3) is 3.44. The zero-order valence-electron chi connectivity index (χ0n) is 15.1. The van der Waals surface area contributed by atoms with E-state index in [-0.39, 0.29) is 11.5 Å². The maximum absolute atomic E-state index is 12.8. The number of nitrogens with zero attached hydrogens (tertiary/aromatic N) is 4. The molecular formula is C19H20N4O3S. The minimum absolute atomic E-state index is 0.0787. The molecule has 0 spiro atoms. The molecule has 0 saturated carbocycles. The fourth-order valence-corrected chi connectivity index (χ4v) is 4.13. The maximum atomic E-state index is 12.8. The second-order valence-corrected chi connectivity index (χ2v) is 7.29. The Morgan fingerprint density at radius 2 is 2.00 bits per heavy atom. The highest BCUT2D eigenvalue weighted by Crippen LogP contribution is 2.28. The Kier molecular flexibility index (Phi) is 4.89. The normalized spacial score (nSPS) is 14.3. The third-order valence-corrected chi connectivity index (χ3v) is 5.64. The molecule has 140 valence electrons. The first-order chi connectivity index (χ1) is 13.2. The zero-order chi connectivity index (χ0) is 18.8. The highest BCUT2D eigenvalue weighted by atomic mass is 32.1. The number of benzene rings is 1. The van der Waals surface area contributed by atoms with Crippen molar-refractivity contribution < 1.29 is 9.53 Å². The minimum atomic E-state index is -0.0787. The quantitative estimate of drug-likeness (QED) is 0.653. The van der Waals surface area contributed by atoms with Gasteiger partial charge in [-0.1, -0.05) is 0 Å². The molecule has 1 aliphatic heterocycles. The molecule has 4 rings (SSSR count). The van der Waals surface area contributed by atoms with Crippen LogP contribution in [0.5, 0.6) is 5.75 Å². The number of fused-ring (bicyclic) bond motifs is 1. The van der Waals surface area contributed by atoms with Gasteiger partial charge >= 0.3 is 0 Å². The summed E-state index contributed by atoms with van der Waals surface area (Å²) in [6.07, 6.45) is 3.89. The molecule has 27 heavy (non-hydrogen) atoms. The molecule has 1 amide bonds. The summed E-state index contributed by atoms with van der Waals surface area (Å²) in [6, 6.07) is 7.55. The van der Waals surface area contributed by atoms with Crippen molar-refractivity contribution in [1.82, 2.24) is 18.8 Å². The number of aromatic nitrogens is 3. The summed E-state index contributed by atoms with van der Waals surface area (Å²) in [5.74, 6) is 0.979. The van der Waals surface area contributed by atoms with Crippen molar-refractivity contribution in [2.75, 3.05) is 20.2 Å². The minimum Gasteiger partial charge on any atom is -0.497 e. The smallest absolute Gasteiger partial charge is 0.272 e. The van der Waals surface area contributed by atoms with E-state index in [1.54, 1.807) is 18.0 Å². The van der Waals surface area contributed by atoms with Gasteiger partial charge in [-0.25, -0.2) is 4.98 Å². The number of hydrogen-bond acceptors (Lipinski definition) is 6. The van der Waals surface area contributed by atoms with Crippen LogP contribution in [0.25, 0.3) is 21.5 Å². The lowest BCUT2D eigenvalue weighted by molar-refractivity contribution is -0.127. The molecule has 1 saturated heterocycles. The van der Waals surface area contributed by atoms with Crippen molar-refractivity contribution in [3.63, 3.8) is 0 Å². The number of ether oxygens (including phenoxy) is 1. The van der Waals surface area contributed by atoms with E-state index in [1.165, 1.54) is 11.5 Å². The SMILES string of the molecule is COc1ccc(-c2nsc3c(=O)n(CCCN4CCCC4=O)cnc23)cc1. The lowest BCUT2D eigenvalue weighted by Crippen LogP contribution is -2.28. The lowest BCUT2D eigenvalue weighted by atomic mass is 10.1. The van der Waals surface area contributed by atoms with E-state index >= 15 is 0 Å². The van der Waals surface area contributed by atoms with Crippen LogP contribution in [0.15, 0.2) is 35.4 Å². The Bertz CT molecular complexity index is 1030. The molecule has 7 nitrogen and oxygen atoms in total. The molecule has 0 bridgehead atoms. The first-order valence-corrected chi connectivity index (χ1v) is 9.72. The van der Waals surface area contributed by atoms with Crippen LogP contribution in [0, 0.1) is 0 Å². The highest BCUT2D eigenvalue weighted by Gasteiger charge is 2.19. The fraction of sp³-hybridized carbons (Fsp3) is 0.368.